The molecule has 0 heterocycles. The summed E-state index contributed by atoms with van der Waals surface area (Å²) >= 11 is 3.32. The van der Waals surface area contributed by atoms with Crippen molar-refractivity contribution >= 4 is 15.9 Å². The van der Waals surface area contributed by atoms with E-state index in [-0.39, 0.29) is 6.10 Å². The predicted molar refractivity (Wildman–Crippen MR) is 75.2 cm³/mol. The van der Waals surface area contributed by atoms with Crippen molar-refractivity contribution in [3.63, 3.8) is 0 Å². The summed E-state index contributed by atoms with van der Waals surface area (Å²) in [6.07, 6.45) is 2.51. The van der Waals surface area contributed by atoms with Crippen LogP contribution in [0.3, 0.4) is 0 Å². The first kappa shape index (κ1) is 18.1. The Morgan fingerprint density at radius 2 is 1.94 bits per heavy atom. The number of alkyl halides is 1. The van der Waals surface area contributed by atoms with E-state index in [4.69, 9.17) is 19.6 Å². The molecule has 0 rings (SSSR count). The molecular formula is C13H25BrO4. The minimum atomic E-state index is -0.471. The molecule has 0 N–H and O–H groups in total. The SMILES string of the molecule is C=C(C)CCC(CCOOC(C)(C)Br)OOCC. The van der Waals surface area contributed by atoms with Crippen LogP contribution in [0.4, 0.5) is 0 Å². The van der Waals surface area contributed by atoms with Crippen LogP contribution < -0.4 is 0 Å². The molecule has 0 aliphatic heterocycles. The molecule has 0 aliphatic carbocycles. The van der Waals surface area contributed by atoms with E-state index in [0.717, 1.165) is 24.8 Å². The Morgan fingerprint density at radius 1 is 1.28 bits per heavy atom. The largest absolute Gasteiger partial charge is 0.237 e. The van der Waals surface area contributed by atoms with E-state index in [9.17, 15) is 0 Å². The average molecular weight is 325 g/mol. The molecule has 0 radical (unpaired) electrons. The van der Waals surface area contributed by atoms with E-state index in [1.54, 1.807) is 0 Å². The van der Waals surface area contributed by atoms with E-state index in [0.29, 0.717) is 13.2 Å². The number of halogens is 1. The topological polar surface area (TPSA) is 36.9 Å². The third-order valence-electron chi connectivity index (χ3n) is 2.00. The van der Waals surface area contributed by atoms with Crippen molar-refractivity contribution < 1.29 is 19.6 Å². The maximum absolute atomic E-state index is 5.29. The van der Waals surface area contributed by atoms with Gasteiger partial charge in [0.05, 0.1) is 19.3 Å². The van der Waals surface area contributed by atoms with Gasteiger partial charge in [-0.3, -0.25) is 0 Å². The Kier molecular flexibility index (Phi) is 9.95. The number of hydrogen-bond donors (Lipinski definition) is 0. The van der Waals surface area contributed by atoms with E-state index >= 15 is 0 Å². The summed E-state index contributed by atoms with van der Waals surface area (Å²) < 4.78 is -0.471. The zero-order valence-corrected chi connectivity index (χ0v) is 13.4. The lowest BCUT2D eigenvalue weighted by atomic mass is 10.1. The van der Waals surface area contributed by atoms with Gasteiger partial charge >= 0.3 is 0 Å². The molecule has 0 saturated heterocycles. The van der Waals surface area contributed by atoms with Crippen molar-refractivity contribution in [3.8, 4) is 0 Å². The smallest absolute Gasteiger partial charge is 0.152 e. The first-order valence-corrected chi connectivity index (χ1v) is 7.06. The zero-order chi connectivity index (χ0) is 14.0. The Morgan fingerprint density at radius 3 is 2.44 bits per heavy atom. The highest BCUT2D eigenvalue weighted by atomic mass is 79.9. The summed E-state index contributed by atoms with van der Waals surface area (Å²) in [5, 5.41) is 0. The predicted octanol–water partition coefficient (Wildman–Crippen LogP) is 4.15. The van der Waals surface area contributed by atoms with Crippen molar-refractivity contribution in [3.05, 3.63) is 12.2 Å². The fraction of sp³-hybridized carbons (Fsp3) is 0.846. The lowest BCUT2D eigenvalue weighted by molar-refractivity contribution is -0.347. The maximum Gasteiger partial charge on any atom is 0.152 e. The first-order valence-electron chi connectivity index (χ1n) is 6.27. The van der Waals surface area contributed by atoms with Gasteiger partial charge in [0.2, 0.25) is 0 Å². The van der Waals surface area contributed by atoms with E-state index in [1.807, 2.05) is 27.7 Å². The normalized spacial score (nSPS) is 13.6. The molecule has 5 heteroatoms. The third-order valence-corrected chi connectivity index (χ3v) is 2.13. The van der Waals surface area contributed by atoms with Crippen molar-refractivity contribution in [2.75, 3.05) is 13.2 Å². The van der Waals surface area contributed by atoms with Crippen LogP contribution in [-0.2, 0) is 19.6 Å². The molecule has 0 aromatic rings. The molecule has 0 fully saturated rings. The van der Waals surface area contributed by atoms with Crippen LogP contribution in [0.1, 0.15) is 47.0 Å². The maximum atomic E-state index is 5.29. The second-order valence-electron chi connectivity index (χ2n) is 4.68. The molecule has 0 aromatic carbocycles. The Hall–Kier alpha value is 0.0600. The van der Waals surface area contributed by atoms with Crippen molar-refractivity contribution in [1.82, 2.24) is 0 Å². The lowest BCUT2D eigenvalue weighted by Crippen LogP contribution is -2.20. The van der Waals surface area contributed by atoms with Gasteiger partial charge in [0, 0.05) is 6.42 Å². The molecule has 0 saturated carbocycles. The average Bonchev–Trinajstić information content (AvgIpc) is 2.25. The minimum absolute atomic E-state index is 0.00341. The molecule has 0 aliphatic rings. The highest BCUT2D eigenvalue weighted by molar-refractivity contribution is 9.10. The van der Waals surface area contributed by atoms with Crippen molar-refractivity contribution in [1.29, 1.82) is 0 Å². The molecule has 108 valence electrons. The highest BCUT2D eigenvalue weighted by Crippen LogP contribution is 2.18. The second-order valence-corrected chi connectivity index (χ2v) is 6.59. The van der Waals surface area contributed by atoms with Gasteiger partial charge in [-0.2, -0.15) is 0 Å². The fourth-order valence-corrected chi connectivity index (χ4v) is 1.27. The lowest BCUT2D eigenvalue weighted by Gasteiger charge is -2.18. The van der Waals surface area contributed by atoms with Gasteiger partial charge in [-0.25, -0.2) is 19.6 Å². The van der Waals surface area contributed by atoms with Gasteiger partial charge in [0.15, 0.2) is 4.51 Å². The monoisotopic (exact) mass is 324 g/mol. The number of hydrogen-bond acceptors (Lipinski definition) is 4. The van der Waals surface area contributed by atoms with Crippen LogP contribution in [-0.4, -0.2) is 23.8 Å². The Labute approximate surface area is 119 Å². The summed E-state index contributed by atoms with van der Waals surface area (Å²) in [6.45, 7) is 12.5. The summed E-state index contributed by atoms with van der Waals surface area (Å²) in [5.74, 6) is 0. The van der Waals surface area contributed by atoms with Gasteiger partial charge in [-0.05, 0) is 40.5 Å². The molecule has 1 unspecified atom stereocenters. The van der Waals surface area contributed by atoms with Crippen LogP contribution >= 0.6 is 15.9 Å². The van der Waals surface area contributed by atoms with Crippen LogP contribution in [0, 0.1) is 0 Å². The van der Waals surface area contributed by atoms with Crippen molar-refractivity contribution in [2.45, 2.75) is 57.6 Å². The molecule has 0 amide bonds. The molecule has 0 aromatic heterocycles. The van der Waals surface area contributed by atoms with Crippen LogP contribution in [0.5, 0.6) is 0 Å². The summed E-state index contributed by atoms with van der Waals surface area (Å²) in [5.41, 5.74) is 1.14. The zero-order valence-electron chi connectivity index (χ0n) is 11.8. The minimum Gasteiger partial charge on any atom is -0.237 e. The third kappa shape index (κ3) is 12.5. The first-order chi connectivity index (χ1) is 8.35. The molecule has 0 bridgehead atoms. The van der Waals surface area contributed by atoms with E-state index in [2.05, 4.69) is 22.5 Å². The Bertz CT molecular complexity index is 226. The summed E-state index contributed by atoms with van der Waals surface area (Å²) in [7, 11) is 0. The highest BCUT2D eigenvalue weighted by Gasteiger charge is 2.15. The molecule has 0 spiro atoms. The molecule has 1 atom stereocenters. The van der Waals surface area contributed by atoms with Gasteiger partial charge in [-0.1, -0.05) is 21.5 Å². The standard InChI is InChI=1S/C13H25BrO4/c1-6-15-17-12(8-7-11(2)3)9-10-16-18-13(4,5)14/h12H,2,6-10H2,1,3-5H3. The van der Waals surface area contributed by atoms with Gasteiger partial charge in [0.1, 0.15) is 0 Å². The fourth-order valence-electron chi connectivity index (χ4n) is 1.17. The van der Waals surface area contributed by atoms with Crippen molar-refractivity contribution in [2.24, 2.45) is 0 Å². The Balaban J connectivity index is 3.81. The summed E-state index contributed by atoms with van der Waals surface area (Å²) in [6, 6.07) is 0. The van der Waals surface area contributed by atoms with Gasteiger partial charge < -0.3 is 0 Å². The number of rotatable bonds is 11. The quantitative estimate of drug-likeness (QED) is 0.188. The summed E-state index contributed by atoms with van der Waals surface area (Å²) in [4.78, 5) is 20.5. The van der Waals surface area contributed by atoms with Crippen LogP contribution in [0.25, 0.3) is 0 Å². The van der Waals surface area contributed by atoms with Crippen LogP contribution in [0.15, 0.2) is 12.2 Å². The second kappa shape index (κ2) is 9.92. The molecular weight excluding hydrogens is 300 g/mol. The van der Waals surface area contributed by atoms with Crippen LogP contribution in [0.2, 0.25) is 0 Å². The van der Waals surface area contributed by atoms with E-state index < -0.39 is 4.51 Å². The van der Waals surface area contributed by atoms with E-state index in [1.165, 1.54) is 0 Å². The molecule has 18 heavy (non-hydrogen) atoms. The number of allylic oxidation sites excluding steroid dienone is 1. The molecule has 4 nitrogen and oxygen atoms in total. The van der Waals surface area contributed by atoms with Gasteiger partial charge in [-0.15, -0.1) is 6.58 Å². The van der Waals surface area contributed by atoms with Gasteiger partial charge in [0.25, 0.3) is 0 Å².